The third-order valence-electron chi connectivity index (χ3n) is 7.76. The van der Waals surface area contributed by atoms with Crippen LogP contribution in [-0.4, -0.2) is 10.7 Å². The van der Waals surface area contributed by atoms with Gasteiger partial charge >= 0.3 is 0 Å². The van der Waals surface area contributed by atoms with Crippen LogP contribution in [0.15, 0.2) is 11.6 Å². The molecule has 4 aliphatic carbocycles. The molecule has 0 aliphatic heterocycles. The Hall–Kier alpha value is -0.740. The van der Waals surface area contributed by atoms with Gasteiger partial charge in [-0.15, -0.1) is 6.42 Å². The summed E-state index contributed by atoms with van der Waals surface area (Å²) in [5, 5.41) is 10.9. The lowest BCUT2D eigenvalue weighted by atomic mass is 9.51. The van der Waals surface area contributed by atoms with Crippen LogP contribution in [0.25, 0.3) is 0 Å². The zero-order valence-corrected chi connectivity index (χ0v) is 13.3. The summed E-state index contributed by atoms with van der Waals surface area (Å²) in [4.78, 5) is 0. The highest BCUT2D eigenvalue weighted by Gasteiger charge is 2.61. The Labute approximate surface area is 129 Å². The maximum atomic E-state index is 10.9. The van der Waals surface area contributed by atoms with E-state index in [1.54, 1.807) is 5.57 Å². The van der Waals surface area contributed by atoms with Crippen LogP contribution in [0.2, 0.25) is 0 Å². The van der Waals surface area contributed by atoms with Gasteiger partial charge in [-0.25, -0.2) is 0 Å². The SMILES string of the molecule is C#C[C@]1(O)CC[C@H]2C3CC=C4CCCCC4[C@H]3CC[C@@]21C. The molecule has 1 N–H and O–H groups in total. The van der Waals surface area contributed by atoms with Crippen LogP contribution in [0, 0.1) is 41.4 Å². The van der Waals surface area contributed by atoms with E-state index in [2.05, 4.69) is 18.9 Å². The minimum absolute atomic E-state index is 0.0388. The van der Waals surface area contributed by atoms with Gasteiger partial charge in [0.15, 0.2) is 0 Å². The summed E-state index contributed by atoms with van der Waals surface area (Å²) in [7, 11) is 0. The number of terminal acetylenes is 1. The molecule has 4 aliphatic rings. The van der Waals surface area contributed by atoms with Gasteiger partial charge in [0, 0.05) is 5.41 Å². The predicted octanol–water partition coefficient (Wildman–Crippen LogP) is 4.31. The van der Waals surface area contributed by atoms with Crippen molar-refractivity contribution >= 4 is 0 Å². The summed E-state index contributed by atoms with van der Waals surface area (Å²) in [5.74, 6) is 5.92. The first-order valence-electron chi connectivity index (χ1n) is 8.98. The van der Waals surface area contributed by atoms with Gasteiger partial charge in [0.05, 0.1) is 0 Å². The van der Waals surface area contributed by atoms with E-state index < -0.39 is 5.60 Å². The quantitative estimate of drug-likeness (QED) is 0.519. The molecule has 0 aromatic heterocycles. The Morgan fingerprint density at radius 1 is 1.19 bits per heavy atom. The molecular weight excluding hydrogens is 256 g/mol. The number of hydrogen-bond donors (Lipinski definition) is 1. The molecule has 1 heteroatoms. The summed E-state index contributed by atoms with van der Waals surface area (Å²) in [6.07, 6.45) is 19.5. The summed E-state index contributed by atoms with van der Waals surface area (Å²) in [5.41, 5.74) is 0.888. The Morgan fingerprint density at radius 2 is 2.05 bits per heavy atom. The van der Waals surface area contributed by atoms with Crippen LogP contribution in [0.5, 0.6) is 0 Å². The van der Waals surface area contributed by atoms with Gasteiger partial charge in [0.2, 0.25) is 0 Å². The minimum Gasteiger partial charge on any atom is -0.377 e. The largest absolute Gasteiger partial charge is 0.377 e. The zero-order chi connectivity index (χ0) is 14.7. The minimum atomic E-state index is -0.848. The molecular formula is C20H28O. The van der Waals surface area contributed by atoms with Crippen molar-refractivity contribution < 1.29 is 5.11 Å². The Morgan fingerprint density at radius 3 is 2.86 bits per heavy atom. The second-order valence-electron chi connectivity index (χ2n) is 8.30. The average Bonchev–Trinajstić information content (AvgIpc) is 2.79. The van der Waals surface area contributed by atoms with E-state index in [0.717, 1.165) is 37.0 Å². The molecule has 0 aromatic rings. The lowest BCUT2D eigenvalue weighted by Crippen LogP contribution is -2.51. The standard InChI is InChI=1S/C20H28O/c1-3-20(21)13-11-18-17-9-8-14-6-4-5-7-15(14)16(17)10-12-19(18,20)2/h1,8,15-18,21H,4-7,9-13H2,2H3/t15?,16-,17?,18+,19+,20+/m1/s1. The number of hydrogen-bond acceptors (Lipinski definition) is 1. The van der Waals surface area contributed by atoms with Gasteiger partial charge in [-0.2, -0.15) is 0 Å². The molecule has 114 valence electrons. The Bertz CT molecular complexity index is 512. The van der Waals surface area contributed by atoms with Gasteiger partial charge in [0.25, 0.3) is 0 Å². The van der Waals surface area contributed by atoms with Crippen molar-refractivity contribution in [3.63, 3.8) is 0 Å². The highest BCUT2D eigenvalue weighted by Crippen LogP contribution is 2.64. The Balaban J connectivity index is 1.67. The highest BCUT2D eigenvalue weighted by atomic mass is 16.3. The number of fused-ring (bicyclic) bond motifs is 5. The molecule has 0 heterocycles. The molecule has 1 nitrogen and oxygen atoms in total. The fourth-order valence-electron chi connectivity index (χ4n) is 6.50. The number of rotatable bonds is 0. The van der Waals surface area contributed by atoms with E-state index in [1.807, 2.05) is 0 Å². The first-order chi connectivity index (χ1) is 10.1. The third kappa shape index (κ3) is 1.75. The summed E-state index contributed by atoms with van der Waals surface area (Å²) in [6.45, 7) is 2.28. The molecule has 4 rings (SSSR count). The smallest absolute Gasteiger partial charge is 0.130 e. The molecule has 0 radical (unpaired) electrons. The van der Waals surface area contributed by atoms with Crippen LogP contribution in [0.3, 0.4) is 0 Å². The van der Waals surface area contributed by atoms with Crippen molar-refractivity contribution in [3.05, 3.63) is 11.6 Å². The fraction of sp³-hybridized carbons (Fsp3) is 0.800. The van der Waals surface area contributed by atoms with Crippen molar-refractivity contribution in [2.45, 2.75) is 70.3 Å². The van der Waals surface area contributed by atoms with Crippen LogP contribution in [0.4, 0.5) is 0 Å². The van der Waals surface area contributed by atoms with Crippen molar-refractivity contribution in [2.24, 2.45) is 29.1 Å². The van der Waals surface area contributed by atoms with E-state index >= 15 is 0 Å². The maximum absolute atomic E-state index is 10.9. The molecule has 0 amide bonds. The van der Waals surface area contributed by atoms with Crippen molar-refractivity contribution in [1.29, 1.82) is 0 Å². The Kier molecular flexibility index (Phi) is 3.06. The number of aliphatic hydroxyl groups is 1. The summed E-state index contributed by atoms with van der Waals surface area (Å²) < 4.78 is 0. The second-order valence-corrected chi connectivity index (χ2v) is 8.30. The molecule has 2 unspecified atom stereocenters. The fourth-order valence-corrected chi connectivity index (χ4v) is 6.50. The molecule has 6 atom stereocenters. The monoisotopic (exact) mass is 284 g/mol. The first kappa shape index (κ1) is 13.9. The van der Waals surface area contributed by atoms with E-state index in [4.69, 9.17) is 6.42 Å². The number of allylic oxidation sites excluding steroid dienone is 2. The highest BCUT2D eigenvalue weighted by molar-refractivity contribution is 5.25. The molecule has 3 fully saturated rings. The zero-order valence-electron chi connectivity index (χ0n) is 13.3. The van der Waals surface area contributed by atoms with Gasteiger partial charge < -0.3 is 5.11 Å². The predicted molar refractivity (Wildman–Crippen MR) is 85.5 cm³/mol. The van der Waals surface area contributed by atoms with Crippen LogP contribution >= 0.6 is 0 Å². The molecule has 3 saturated carbocycles. The van der Waals surface area contributed by atoms with Crippen LogP contribution in [-0.2, 0) is 0 Å². The summed E-state index contributed by atoms with van der Waals surface area (Å²) in [6, 6.07) is 0. The molecule has 0 aromatic carbocycles. The van der Waals surface area contributed by atoms with E-state index in [0.29, 0.717) is 5.92 Å². The lowest BCUT2D eigenvalue weighted by molar-refractivity contribution is -0.0813. The molecule has 0 bridgehead atoms. The summed E-state index contributed by atoms with van der Waals surface area (Å²) >= 11 is 0. The first-order valence-corrected chi connectivity index (χ1v) is 8.98. The maximum Gasteiger partial charge on any atom is 0.130 e. The normalized spacial score (nSPS) is 52.1. The van der Waals surface area contributed by atoms with Crippen molar-refractivity contribution in [1.82, 2.24) is 0 Å². The van der Waals surface area contributed by atoms with Crippen LogP contribution < -0.4 is 0 Å². The van der Waals surface area contributed by atoms with Crippen molar-refractivity contribution in [2.75, 3.05) is 0 Å². The van der Waals surface area contributed by atoms with Gasteiger partial charge in [0.1, 0.15) is 5.60 Å². The van der Waals surface area contributed by atoms with E-state index in [9.17, 15) is 5.11 Å². The average molecular weight is 284 g/mol. The molecule has 0 saturated heterocycles. The van der Waals surface area contributed by atoms with Gasteiger partial charge in [-0.05, 0) is 75.0 Å². The van der Waals surface area contributed by atoms with Crippen LogP contribution in [0.1, 0.15) is 64.7 Å². The van der Waals surface area contributed by atoms with E-state index in [-0.39, 0.29) is 5.41 Å². The lowest BCUT2D eigenvalue weighted by Gasteiger charge is -2.54. The van der Waals surface area contributed by atoms with Gasteiger partial charge in [-0.1, -0.05) is 30.9 Å². The topological polar surface area (TPSA) is 20.2 Å². The molecule has 21 heavy (non-hydrogen) atoms. The second kappa shape index (κ2) is 4.63. The third-order valence-corrected chi connectivity index (χ3v) is 7.76. The van der Waals surface area contributed by atoms with Crippen molar-refractivity contribution in [3.8, 4) is 12.3 Å². The van der Waals surface area contributed by atoms with E-state index in [1.165, 1.54) is 38.5 Å². The molecule has 0 spiro atoms. The van der Waals surface area contributed by atoms with Gasteiger partial charge in [-0.3, -0.25) is 0 Å².